The second-order valence-corrected chi connectivity index (χ2v) is 8.29. The molecule has 0 unspecified atom stereocenters. The first kappa shape index (κ1) is 19.8. The van der Waals surface area contributed by atoms with Gasteiger partial charge < -0.3 is 9.80 Å². The van der Waals surface area contributed by atoms with Crippen molar-refractivity contribution in [1.29, 1.82) is 0 Å². The Hall–Kier alpha value is -2.55. The van der Waals surface area contributed by atoms with Crippen molar-refractivity contribution in [3.63, 3.8) is 0 Å². The van der Waals surface area contributed by atoms with Crippen molar-refractivity contribution in [1.82, 2.24) is 14.8 Å². The summed E-state index contributed by atoms with van der Waals surface area (Å²) in [7, 11) is 2.04. The molecule has 1 fully saturated rings. The van der Waals surface area contributed by atoms with Gasteiger partial charge in [-0.2, -0.15) is 0 Å². The molecular weight excluding hydrogens is 415 g/mol. The molecule has 9 heteroatoms. The lowest BCUT2D eigenvalue weighted by atomic mass is 10.1. The van der Waals surface area contributed by atoms with Crippen LogP contribution in [0.2, 0.25) is 5.02 Å². The summed E-state index contributed by atoms with van der Waals surface area (Å²) in [4.78, 5) is 33.5. The minimum Gasteiger partial charge on any atom is -0.336 e. The number of hydrogen-bond acceptors (Lipinski definition) is 5. The van der Waals surface area contributed by atoms with E-state index in [0.717, 1.165) is 17.8 Å². The average Bonchev–Trinajstić information content (AvgIpc) is 3.09. The topological polar surface area (TPSA) is 65.5 Å². The number of carbonyl (C=O) groups excluding carboxylic acids is 2. The average molecular weight is 433 g/mol. The maximum Gasteiger partial charge on any atom is 0.261 e. The molecule has 0 spiro atoms. The summed E-state index contributed by atoms with van der Waals surface area (Å²) in [5.41, 5.74) is 1.01. The first-order valence-electron chi connectivity index (χ1n) is 9.06. The van der Waals surface area contributed by atoms with Gasteiger partial charge in [0.2, 0.25) is 0 Å². The summed E-state index contributed by atoms with van der Waals surface area (Å²) < 4.78 is 14.7. The van der Waals surface area contributed by atoms with Crippen molar-refractivity contribution in [2.45, 2.75) is 0 Å². The van der Waals surface area contributed by atoms with E-state index in [2.05, 4.69) is 15.2 Å². The molecule has 1 aliphatic rings. The summed E-state index contributed by atoms with van der Waals surface area (Å²) in [5, 5.41) is 2.93. The highest BCUT2D eigenvalue weighted by molar-refractivity contribution is 7.22. The summed E-state index contributed by atoms with van der Waals surface area (Å²) in [5.74, 6) is -1.38. The van der Waals surface area contributed by atoms with E-state index in [1.165, 1.54) is 29.5 Å². The quantitative estimate of drug-likeness (QED) is 0.685. The fourth-order valence-corrected chi connectivity index (χ4v) is 4.33. The van der Waals surface area contributed by atoms with E-state index >= 15 is 0 Å². The molecule has 150 valence electrons. The molecule has 2 heterocycles. The van der Waals surface area contributed by atoms with Crippen LogP contribution in [0, 0.1) is 5.82 Å². The lowest BCUT2D eigenvalue weighted by Crippen LogP contribution is -2.47. The molecule has 0 atom stereocenters. The van der Waals surface area contributed by atoms with Gasteiger partial charge in [-0.1, -0.05) is 29.0 Å². The molecule has 1 aliphatic heterocycles. The van der Waals surface area contributed by atoms with Crippen LogP contribution in [-0.4, -0.2) is 59.8 Å². The van der Waals surface area contributed by atoms with E-state index < -0.39 is 11.7 Å². The van der Waals surface area contributed by atoms with Gasteiger partial charge in [0.1, 0.15) is 5.82 Å². The zero-order chi connectivity index (χ0) is 20.5. The Labute approximate surface area is 175 Å². The van der Waals surface area contributed by atoms with Crippen LogP contribution >= 0.6 is 22.9 Å². The summed E-state index contributed by atoms with van der Waals surface area (Å²) in [6, 6.07) is 9.33. The van der Waals surface area contributed by atoms with E-state index in [-0.39, 0.29) is 16.5 Å². The number of carbonyl (C=O) groups is 2. The number of anilines is 1. The monoisotopic (exact) mass is 432 g/mol. The van der Waals surface area contributed by atoms with Crippen molar-refractivity contribution in [2.75, 3.05) is 38.5 Å². The number of benzene rings is 2. The molecule has 1 aromatic heterocycles. The molecule has 2 aromatic carbocycles. The molecule has 0 aliphatic carbocycles. The van der Waals surface area contributed by atoms with Crippen LogP contribution in [0.15, 0.2) is 36.4 Å². The number of thiazole rings is 1. The van der Waals surface area contributed by atoms with Crippen LogP contribution in [0.4, 0.5) is 9.52 Å². The predicted octanol–water partition coefficient (Wildman–Crippen LogP) is 3.73. The largest absolute Gasteiger partial charge is 0.336 e. The maximum absolute atomic E-state index is 13.9. The molecule has 0 bridgehead atoms. The standard InChI is InChI=1S/C20H18ClFN4O2S/c1-25-7-9-26(10-8-25)19(28)12-5-6-15-16(11-12)29-20(23-15)24-18(27)17-13(21)3-2-4-14(17)22/h2-6,11H,7-10H2,1H3,(H,23,24,27). The van der Waals surface area contributed by atoms with E-state index in [9.17, 15) is 14.0 Å². The SMILES string of the molecule is CN1CCN(C(=O)c2ccc3nc(NC(=O)c4c(F)cccc4Cl)sc3c2)CC1. The third-order valence-corrected chi connectivity index (χ3v) is 6.08. The van der Waals surface area contributed by atoms with Crippen molar-refractivity contribution in [3.05, 3.63) is 58.4 Å². The molecule has 0 saturated carbocycles. The second-order valence-electron chi connectivity index (χ2n) is 6.85. The smallest absolute Gasteiger partial charge is 0.261 e. The number of halogens is 2. The van der Waals surface area contributed by atoms with Gasteiger partial charge in [-0.05, 0) is 37.4 Å². The minimum absolute atomic E-state index is 0.0166. The van der Waals surface area contributed by atoms with Gasteiger partial charge in [0.15, 0.2) is 5.13 Å². The molecular formula is C20H18ClFN4O2S. The van der Waals surface area contributed by atoms with E-state index in [1.807, 2.05) is 11.9 Å². The number of amides is 2. The van der Waals surface area contributed by atoms with Crippen molar-refractivity contribution >= 4 is 50.1 Å². The molecule has 2 amide bonds. The Balaban J connectivity index is 1.54. The number of fused-ring (bicyclic) bond motifs is 1. The highest BCUT2D eigenvalue weighted by atomic mass is 35.5. The zero-order valence-corrected chi connectivity index (χ0v) is 17.2. The van der Waals surface area contributed by atoms with Crippen LogP contribution in [-0.2, 0) is 0 Å². The van der Waals surface area contributed by atoms with Gasteiger partial charge in [0.25, 0.3) is 11.8 Å². The fraction of sp³-hybridized carbons (Fsp3) is 0.250. The second kappa shape index (κ2) is 8.06. The maximum atomic E-state index is 13.9. The van der Waals surface area contributed by atoms with Gasteiger partial charge in [-0.25, -0.2) is 9.37 Å². The van der Waals surface area contributed by atoms with Crippen LogP contribution in [0.1, 0.15) is 20.7 Å². The molecule has 1 saturated heterocycles. The fourth-order valence-electron chi connectivity index (χ4n) is 3.18. The van der Waals surface area contributed by atoms with E-state index in [1.54, 1.807) is 18.2 Å². The van der Waals surface area contributed by atoms with Gasteiger partial charge in [-0.15, -0.1) is 0 Å². The summed E-state index contributed by atoms with van der Waals surface area (Å²) in [6.45, 7) is 3.09. The van der Waals surface area contributed by atoms with E-state index in [4.69, 9.17) is 11.6 Å². The highest BCUT2D eigenvalue weighted by Gasteiger charge is 2.21. The van der Waals surface area contributed by atoms with Crippen molar-refractivity contribution in [2.24, 2.45) is 0 Å². The Morgan fingerprint density at radius 2 is 1.93 bits per heavy atom. The number of nitrogens with one attached hydrogen (secondary N) is 1. The molecule has 0 radical (unpaired) electrons. The lowest BCUT2D eigenvalue weighted by Gasteiger charge is -2.32. The summed E-state index contributed by atoms with van der Waals surface area (Å²) >= 11 is 7.17. The predicted molar refractivity (Wildman–Crippen MR) is 112 cm³/mol. The van der Waals surface area contributed by atoms with Gasteiger partial charge >= 0.3 is 0 Å². The Morgan fingerprint density at radius 1 is 1.17 bits per heavy atom. The summed E-state index contributed by atoms with van der Waals surface area (Å²) in [6.07, 6.45) is 0. The Kier molecular flexibility index (Phi) is 5.49. The van der Waals surface area contributed by atoms with Gasteiger partial charge in [0, 0.05) is 31.7 Å². The first-order valence-corrected chi connectivity index (χ1v) is 10.3. The Bertz CT molecular complexity index is 1080. The van der Waals surface area contributed by atoms with Crippen molar-refractivity contribution in [3.8, 4) is 0 Å². The van der Waals surface area contributed by atoms with Crippen LogP contribution in [0.3, 0.4) is 0 Å². The highest BCUT2D eigenvalue weighted by Crippen LogP contribution is 2.29. The molecule has 6 nitrogen and oxygen atoms in total. The van der Waals surface area contributed by atoms with E-state index in [0.29, 0.717) is 29.3 Å². The van der Waals surface area contributed by atoms with Crippen LogP contribution < -0.4 is 5.32 Å². The van der Waals surface area contributed by atoms with Crippen LogP contribution in [0.25, 0.3) is 10.2 Å². The van der Waals surface area contributed by atoms with Gasteiger partial charge in [-0.3, -0.25) is 14.9 Å². The third kappa shape index (κ3) is 4.10. The van der Waals surface area contributed by atoms with Crippen LogP contribution in [0.5, 0.6) is 0 Å². The van der Waals surface area contributed by atoms with Crippen molar-refractivity contribution < 1.29 is 14.0 Å². The Morgan fingerprint density at radius 3 is 2.66 bits per heavy atom. The molecule has 29 heavy (non-hydrogen) atoms. The number of likely N-dealkylation sites (N-methyl/N-ethyl adjacent to an activating group) is 1. The number of piperazine rings is 1. The molecule has 1 N–H and O–H groups in total. The molecule has 3 aromatic rings. The third-order valence-electron chi connectivity index (χ3n) is 4.84. The first-order chi connectivity index (χ1) is 13.9. The normalized spacial score (nSPS) is 14.9. The number of aromatic nitrogens is 1. The van der Waals surface area contributed by atoms with Gasteiger partial charge in [0.05, 0.1) is 20.8 Å². The minimum atomic E-state index is -0.698. The number of rotatable bonds is 3. The number of nitrogens with zero attached hydrogens (tertiary/aromatic N) is 3. The zero-order valence-electron chi connectivity index (χ0n) is 15.6. The lowest BCUT2D eigenvalue weighted by molar-refractivity contribution is 0.0664. The number of hydrogen-bond donors (Lipinski definition) is 1. The molecule has 4 rings (SSSR count).